The second-order valence-corrected chi connectivity index (χ2v) is 9.93. The van der Waals surface area contributed by atoms with Gasteiger partial charge in [-0.25, -0.2) is 9.59 Å². The van der Waals surface area contributed by atoms with Gasteiger partial charge in [0.2, 0.25) is 6.29 Å². The van der Waals surface area contributed by atoms with E-state index in [2.05, 4.69) is 9.37 Å². The van der Waals surface area contributed by atoms with E-state index in [1.165, 1.54) is 0 Å². The fraction of sp³-hybridized carbons (Fsp3) is 0.895. The summed E-state index contributed by atoms with van der Waals surface area (Å²) in [4.78, 5) is 24.0. The molecule has 3 atom stereocenters. The van der Waals surface area contributed by atoms with Gasteiger partial charge < -0.3 is 28.9 Å². The summed E-state index contributed by atoms with van der Waals surface area (Å²) in [5.41, 5.74) is -1.09. The molecule has 3 unspecified atom stereocenters. The molecule has 4 bridgehead atoms. The lowest BCUT2D eigenvalue weighted by Crippen LogP contribution is -2.58. The second kappa shape index (κ2) is 9.65. The quantitative estimate of drug-likeness (QED) is 0.193. The summed E-state index contributed by atoms with van der Waals surface area (Å²) in [6.07, 6.45) is 3.73. The van der Waals surface area contributed by atoms with Gasteiger partial charge in [0, 0.05) is 5.41 Å². The van der Waals surface area contributed by atoms with Gasteiger partial charge in [0.05, 0.1) is 25.4 Å². The Bertz CT molecular complexity index is 688. The van der Waals surface area contributed by atoms with Crippen LogP contribution in [0.2, 0.25) is 0 Å². The van der Waals surface area contributed by atoms with E-state index in [0.717, 1.165) is 32.1 Å². The van der Waals surface area contributed by atoms with E-state index in [1.807, 2.05) is 0 Å². The van der Waals surface area contributed by atoms with Crippen LogP contribution in [-0.2, 0) is 42.6 Å². The topological polar surface area (TPSA) is 122 Å². The Labute approximate surface area is 187 Å². The average Bonchev–Trinajstić information content (AvgIpc) is 2.74. The number of rotatable bonds is 10. The molecule has 32 heavy (non-hydrogen) atoms. The van der Waals surface area contributed by atoms with Crippen molar-refractivity contribution in [2.24, 2.45) is 17.3 Å². The smallest absolute Gasteiger partial charge is 0.415 e. The van der Waals surface area contributed by atoms with Crippen LogP contribution < -0.4 is 5.26 Å². The van der Waals surface area contributed by atoms with Crippen LogP contribution >= 0.6 is 12.0 Å². The maximum atomic E-state index is 13.7. The molecule has 4 saturated carbocycles. The SMILES string of the molecule is O=C(COC12CC3CC(CC(COC(=O)C(F)(F)SOO[O-])(C3)C1)C2)OC1COCCO1. The van der Waals surface area contributed by atoms with Crippen LogP contribution in [0, 0.1) is 17.3 Å². The maximum absolute atomic E-state index is 13.7. The zero-order valence-electron chi connectivity index (χ0n) is 17.3. The number of hydrogen-bond donors (Lipinski definition) is 0. The largest absolute Gasteiger partial charge is 0.691 e. The Hall–Kier alpha value is -1.09. The third-order valence-corrected chi connectivity index (χ3v) is 7.09. The van der Waals surface area contributed by atoms with Gasteiger partial charge in [-0.15, -0.1) is 0 Å². The molecule has 10 nitrogen and oxygen atoms in total. The summed E-state index contributed by atoms with van der Waals surface area (Å²) in [5, 5.41) is 8.55. The summed E-state index contributed by atoms with van der Waals surface area (Å²) in [6, 6.07) is 0. The summed E-state index contributed by atoms with van der Waals surface area (Å²) in [5.74, 6) is -1.77. The van der Waals surface area contributed by atoms with Crippen molar-refractivity contribution in [3.05, 3.63) is 0 Å². The molecule has 0 aromatic heterocycles. The Morgan fingerprint density at radius 1 is 1.16 bits per heavy atom. The summed E-state index contributed by atoms with van der Waals surface area (Å²) in [6.45, 7) is 0.519. The minimum Gasteiger partial charge on any atom is -0.691 e. The number of ether oxygens (including phenoxy) is 5. The lowest BCUT2D eigenvalue weighted by atomic mass is 9.48. The van der Waals surface area contributed by atoms with Gasteiger partial charge in [-0.3, -0.25) is 5.04 Å². The van der Waals surface area contributed by atoms with E-state index in [9.17, 15) is 23.6 Å². The number of halogens is 2. The molecular weight excluding hydrogens is 458 g/mol. The van der Waals surface area contributed by atoms with Crippen molar-refractivity contribution in [1.29, 1.82) is 0 Å². The molecule has 0 amide bonds. The molecule has 1 heterocycles. The minimum atomic E-state index is -4.07. The molecule has 182 valence electrons. The van der Waals surface area contributed by atoms with Crippen molar-refractivity contribution >= 4 is 24.0 Å². The van der Waals surface area contributed by atoms with Crippen molar-refractivity contribution in [3.8, 4) is 0 Å². The Balaban J connectivity index is 1.33. The van der Waals surface area contributed by atoms with Crippen molar-refractivity contribution in [2.75, 3.05) is 33.0 Å². The molecule has 13 heteroatoms. The molecule has 0 spiro atoms. The highest BCUT2D eigenvalue weighted by Crippen LogP contribution is 2.63. The fourth-order valence-electron chi connectivity index (χ4n) is 6.02. The Kier molecular flexibility index (Phi) is 7.25. The molecule has 0 N–H and O–H groups in total. The molecule has 0 aromatic rings. The third-order valence-electron chi connectivity index (χ3n) is 6.59. The zero-order chi connectivity index (χ0) is 22.8. The van der Waals surface area contributed by atoms with E-state index in [4.69, 9.17) is 23.7 Å². The predicted molar refractivity (Wildman–Crippen MR) is 98.1 cm³/mol. The first-order valence-corrected chi connectivity index (χ1v) is 11.2. The average molecular weight is 483 g/mol. The van der Waals surface area contributed by atoms with Crippen LogP contribution in [0.3, 0.4) is 0 Å². The summed E-state index contributed by atoms with van der Waals surface area (Å²) >= 11 is -0.709. The van der Waals surface area contributed by atoms with Gasteiger partial charge in [0.1, 0.15) is 25.3 Å². The van der Waals surface area contributed by atoms with Gasteiger partial charge in [0.15, 0.2) is 0 Å². The normalized spacial score (nSPS) is 36.2. The highest BCUT2D eigenvalue weighted by molar-refractivity contribution is 7.96. The van der Waals surface area contributed by atoms with E-state index >= 15 is 0 Å². The maximum Gasteiger partial charge on any atom is 0.415 e. The first-order chi connectivity index (χ1) is 15.2. The van der Waals surface area contributed by atoms with Gasteiger partial charge in [-0.2, -0.15) is 13.1 Å². The van der Waals surface area contributed by atoms with Crippen LogP contribution in [0.1, 0.15) is 38.5 Å². The lowest BCUT2D eigenvalue weighted by Gasteiger charge is -2.61. The van der Waals surface area contributed by atoms with E-state index in [-0.39, 0.29) is 19.8 Å². The van der Waals surface area contributed by atoms with Crippen LogP contribution in [0.15, 0.2) is 0 Å². The van der Waals surface area contributed by atoms with Gasteiger partial charge in [-0.05, 0) is 50.4 Å². The first-order valence-electron chi connectivity index (χ1n) is 10.5. The molecule has 0 aromatic carbocycles. The van der Waals surface area contributed by atoms with Crippen LogP contribution in [0.25, 0.3) is 0 Å². The molecule has 1 saturated heterocycles. The molecular formula is C19H25F2O10S-. The monoisotopic (exact) mass is 483 g/mol. The van der Waals surface area contributed by atoms with Gasteiger partial charge in [-0.1, -0.05) is 0 Å². The minimum absolute atomic E-state index is 0.171. The Morgan fingerprint density at radius 3 is 2.56 bits per heavy atom. The van der Waals surface area contributed by atoms with Crippen LogP contribution in [-0.4, -0.2) is 62.1 Å². The van der Waals surface area contributed by atoms with Crippen LogP contribution in [0.4, 0.5) is 8.78 Å². The van der Waals surface area contributed by atoms with Crippen LogP contribution in [0.5, 0.6) is 0 Å². The molecule has 0 radical (unpaired) electrons. The molecule has 5 fully saturated rings. The van der Waals surface area contributed by atoms with E-state index in [0.29, 0.717) is 31.5 Å². The van der Waals surface area contributed by atoms with Crippen molar-refractivity contribution in [3.63, 3.8) is 0 Å². The zero-order valence-corrected chi connectivity index (χ0v) is 18.1. The molecule has 5 aliphatic rings. The van der Waals surface area contributed by atoms with Gasteiger partial charge >= 0.3 is 17.2 Å². The predicted octanol–water partition coefficient (Wildman–Crippen LogP) is 1.27. The summed E-state index contributed by atoms with van der Waals surface area (Å²) < 4.78 is 57.7. The lowest BCUT2D eigenvalue weighted by molar-refractivity contribution is -0.777. The molecule has 1 aliphatic heterocycles. The van der Waals surface area contributed by atoms with E-state index in [1.54, 1.807) is 0 Å². The number of esters is 2. The van der Waals surface area contributed by atoms with Crippen molar-refractivity contribution < 1.29 is 56.7 Å². The number of alkyl halides is 2. The Morgan fingerprint density at radius 2 is 1.91 bits per heavy atom. The first kappa shape index (κ1) is 24.0. The molecule has 4 aliphatic carbocycles. The third kappa shape index (κ3) is 5.51. The van der Waals surface area contributed by atoms with Gasteiger partial charge in [0.25, 0.3) is 0 Å². The highest BCUT2D eigenvalue weighted by atomic mass is 32.2. The second-order valence-electron chi connectivity index (χ2n) is 9.11. The standard InChI is InChI=1S/C19H26F2O10S/c20-19(21,32-31-30-24)16(23)27-11-17-4-12-3-13(5-17)7-18(6-12,10-17)28-8-14(22)29-15-9-25-1-2-26-15/h12-13,15,24H,1-11H2/p-1. The number of hydrogen-bond acceptors (Lipinski definition) is 11. The number of carbonyl (C=O) groups excluding carboxylic acids is 2. The van der Waals surface area contributed by atoms with Crippen molar-refractivity contribution in [1.82, 2.24) is 0 Å². The highest BCUT2D eigenvalue weighted by Gasteiger charge is 2.59. The summed E-state index contributed by atoms with van der Waals surface area (Å²) in [7, 11) is 0. The fourth-order valence-corrected chi connectivity index (χ4v) is 6.26. The molecule has 5 rings (SSSR count). The number of carbonyl (C=O) groups is 2. The van der Waals surface area contributed by atoms with Crippen molar-refractivity contribution in [2.45, 2.75) is 55.7 Å². The van der Waals surface area contributed by atoms with E-state index < -0.39 is 46.5 Å².